The lowest BCUT2D eigenvalue weighted by Crippen LogP contribution is -3.00. The second-order valence-electron chi connectivity index (χ2n) is 23.7. The van der Waals surface area contributed by atoms with Crippen LogP contribution in [0.25, 0.3) is 0 Å². The summed E-state index contributed by atoms with van der Waals surface area (Å²) in [4.78, 5) is 30.1. The molecule has 3 aromatic rings. The molecule has 0 amide bonds. The average molecular weight is 1070 g/mol. The highest BCUT2D eigenvalue weighted by Gasteiger charge is 2.51. The van der Waals surface area contributed by atoms with Gasteiger partial charge in [-0.2, -0.15) is 13.2 Å². The molecule has 16 heterocycles. The zero-order chi connectivity index (χ0) is 46.5. The van der Waals surface area contributed by atoms with Crippen molar-refractivity contribution in [3.63, 3.8) is 0 Å². The van der Waals surface area contributed by atoms with Gasteiger partial charge in [0.05, 0.1) is 92.6 Å². The quantitative estimate of drug-likeness (QED) is 0.174. The van der Waals surface area contributed by atoms with E-state index < -0.39 is 11.7 Å². The van der Waals surface area contributed by atoms with Crippen LogP contribution in [0.15, 0.2) is 72.8 Å². The van der Waals surface area contributed by atoms with E-state index >= 15 is 0 Å². The number of rotatable bonds is 6. The summed E-state index contributed by atoms with van der Waals surface area (Å²) in [5, 5.41) is 0. The van der Waals surface area contributed by atoms with Crippen LogP contribution in [0.2, 0.25) is 0 Å². The molecule has 16 aliphatic heterocycles. The molecular formula is C52H87F7N16. The van der Waals surface area contributed by atoms with Gasteiger partial charge in [0.25, 0.3) is 0 Å². The number of alkyl halides is 3. The minimum atomic E-state index is -4.27. The predicted octanol–water partition coefficient (Wildman–Crippen LogP) is -7.23. The van der Waals surface area contributed by atoms with Crippen molar-refractivity contribution in [3.05, 3.63) is 106 Å². The maximum Gasteiger partial charge on any atom is 0.416 e. The van der Waals surface area contributed by atoms with Crippen molar-refractivity contribution in [2.45, 2.75) is 61.9 Å². The van der Waals surface area contributed by atoms with Crippen molar-refractivity contribution in [1.29, 1.82) is 0 Å². The van der Waals surface area contributed by atoms with E-state index in [0.717, 1.165) is 50.1 Å². The van der Waals surface area contributed by atoms with Crippen molar-refractivity contribution in [3.8, 4) is 0 Å². The summed E-state index contributed by atoms with van der Waals surface area (Å²) >= 11 is 0. The summed E-state index contributed by atoms with van der Waals surface area (Å²) in [6, 6.07) is 24.4. The molecule has 0 N–H and O–H groups in total. The Morgan fingerprint density at radius 2 is 0.640 bits per heavy atom. The molecule has 16 fully saturated rings. The lowest BCUT2D eigenvalue weighted by molar-refractivity contribution is -0.991. The van der Waals surface area contributed by atoms with Gasteiger partial charge in [0, 0.05) is 16.7 Å². The molecule has 0 aromatic heterocycles. The number of nitrogens with zero attached hydrogens (tertiary/aromatic N) is 16. The Balaban J connectivity index is 0.000000183. The van der Waals surface area contributed by atoms with Crippen LogP contribution in [0.4, 0.5) is 13.2 Å². The summed E-state index contributed by atoms with van der Waals surface area (Å²) < 4.78 is 43.5. The molecule has 23 heteroatoms. The molecule has 16 nitrogen and oxygen atoms in total. The monoisotopic (exact) mass is 1070 g/mol. The van der Waals surface area contributed by atoms with Gasteiger partial charge >= 0.3 is 6.18 Å². The molecule has 0 spiro atoms. The summed E-state index contributed by atoms with van der Waals surface area (Å²) in [5.41, 5.74) is 5.24. The Kier molecular flexibility index (Phi) is 19.8. The van der Waals surface area contributed by atoms with Gasteiger partial charge in [0.1, 0.15) is 99.7 Å². The smallest absolute Gasteiger partial charge is 0.416 e. The first kappa shape index (κ1) is 62.4. The average Bonchev–Trinajstić information content (AvgIpc) is 3.22. The fourth-order valence-electron chi connectivity index (χ4n) is 14.8. The minimum Gasteiger partial charge on any atom is -1.00 e. The minimum absolute atomic E-state index is 0. The Bertz CT molecular complexity index is 2150. The van der Waals surface area contributed by atoms with Gasteiger partial charge in [-0.05, 0) is 26.0 Å². The second-order valence-corrected chi connectivity index (χ2v) is 23.7. The van der Waals surface area contributed by atoms with Gasteiger partial charge in [-0.15, -0.1) is 0 Å². The molecule has 16 saturated heterocycles. The third kappa shape index (κ3) is 13.7. The van der Waals surface area contributed by atoms with E-state index in [0.29, 0.717) is 12.1 Å². The molecule has 16 bridgehead atoms. The lowest BCUT2D eigenvalue weighted by atomic mass is 10.0. The lowest BCUT2D eigenvalue weighted by Gasteiger charge is -2.60. The molecule has 0 radical (unpaired) electrons. The molecule has 424 valence electrons. The first-order valence-electron chi connectivity index (χ1n) is 24.9. The maximum atomic E-state index is 13.0. The largest absolute Gasteiger partial charge is 1.00 e. The Morgan fingerprint density at radius 1 is 0.360 bits per heavy atom. The SMILES string of the molecule is C.C.C.C[N+]12CN3CN(CN(C3)C1)C2.Cc1cc(C[N+]23CN4CN(CN(C4)C2)C3)cc(C(F)(F)F)c1.Cc1ccc(C[N+]23CN4CN(CN(C4)C2)C3)cc1.[F-].[F-].[F-].[F-].c1ccc(C[N+]23CN4CN(CN(C4)C2)C3)cc1. The highest BCUT2D eigenvalue weighted by atomic mass is 19.4. The fraction of sp³-hybridized carbons (Fsp3) is 0.654. The van der Waals surface area contributed by atoms with Crippen LogP contribution in [0, 0.1) is 13.8 Å². The Morgan fingerprint density at radius 3 is 0.933 bits per heavy atom. The van der Waals surface area contributed by atoms with Gasteiger partial charge in [0.2, 0.25) is 0 Å². The van der Waals surface area contributed by atoms with Crippen LogP contribution in [-0.4, -0.2) is 244 Å². The van der Waals surface area contributed by atoms with Crippen molar-refractivity contribution < 1.29 is 49.9 Å². The molecule has 0 atom stereocenters. The summed E-state index contributed by atoms with van der Waals surface area (Å²) in [5.74, 6) is 0. The van der Waals surface area contributed by atoms with E-state index in [1.165, 1.54) is 175 Å². The zero-order valence-electron chi connectivity index (χ0n) is 42.3. The third-order valence-electron chi connectivity index (χ3n) is 15.9. The molecule has 0 unspecified atom stereocenters. The number of hydrogen-bond donors (Lipinski definition) is 0. The van der Waals surface area contributed by atoms with Crippen LogP contribution >= 0.6 is 0 Å². The van der Waals surface area contributed by atoms with Gasteiger partial charge in [-0.25, -0.2) is 58.8 Å². The molecule has 0 aliphatic carbocycles. The predicted molar refractivity (Wildman–Crippen MR) is 271 cm³/mol. The number of hydrogen-bond acceptors (Lipinski definition) is 12. The molecule has 3 aromatic carbocycles. The standard InChI is InChI=1S/C15H20F3N4.C14H21N4.C13H19N4.C7H15N4.3CH4.4FH/c1-12-2-13(4-14(3-12)15(16,17)18)5-22-9-19-6-20(10-22)8-21(7-19)11-22;1-13-2-4-14(5-3-13)6-18-10-15-7-16(11-18)9-17(8-15)12-18;1-2-4-13(5-3-1)6-17-10-14-7-15(11-17)9-16(8-14)12-17;1-11-5-8-2-9(6-11)4-10(3-8)7-11;;;;;;;/h2-4H,5-11H2,1H3;2-5H,6-12H2,1H3;1-5H,6-12H2;2-7H2,1H3;3*1H4;4*1H/q4*+1;;;;;;;/p-4. The van der Waals surface area contributed by atoms with E-state index in [9.17, 15) is 13.2 Å². The number of benzene rings is 3. The number of quaternary nitrogens is 4. The molecule has 19 rings (SSSR count). The van der Waals surface area contributed by atoms with E-state index in [1.807, 2.05) is 6.07 Å². The van der Waals surface area contributed by atoms with Crippen LogP contribution in [0.1, 0.15) is 55.7 Å². The van der Waals surface area contributed by atoms with Gasteiger partial charge < -0.3 is 18.8 Å². The fourth-order valence-corrected chi connectivity index (χ4v) is 14.8. The highest BCUT2D eigenvalue weighted by molar-refractivity contribution is 5.31. The van der Waals surface area contributed by atoms with Crippen LogP contribution in [-0.2, 0) is 25.8 Å². The highest BCUT2D eigenvalue weighted by Crippen LogP contribution is 2.36. The van der Waals surface area contributed by atoms with Gasteiger partial charge in [-0.1, -0.05) is 94.1 Å². The van der Waals surface area contributed by atoms with E-state index in [1.54, 1.807) is 6.92 Å². The normalized spacial score (nSPS) is 39.3. The van der Waals surface area contributed by atoms with Crippen molar-refractivity contribution in [1.82, 2.24) is 58.8 Å². The van der Waals surface area contributed by atoms with Crippen molar-refractivity contribution in [2.24, 2.45) is 0 Å². The third-order valence-corrected chi connectivity index (χ3v) is 15.9. The number of aryl methyl sites for hydroxylation is 2. The first-order chi connectivity index (χ1) is 32.6. The maximum absolute atomic E-state index is 13.0. The first-order valence-corrected chi connectivity index (χ1v) is 24.9. The molecule has 75 heavy (non-hydrogen) atoms. The second kappa shape index (κ2) is 23.9. The summed E-state index contributed by atoms with van der Waals surface area (Å²) in [7, 11) is 2.35. The van der Waals surface area contributed by atoms with Crippen molar-refractivity contribution >= 4 is 0 Å². The van der Waals surface area contributed by atoms with Gasteiger partial charge in [-0.3, -0.25) is 17.9 Å². The molecule has 16 aliphatic rings. The van der Waals surface area contributed by atoms with E-state index in [-0.39, 0.29) is 41.1 Å². The topological polar surface area (TPSA) is 38.9 Å². The summed E-state index contributed by atoms with van der Waals surface area (Å²) in [6.07, 6.45) is -4.27. The van der Waals surface area contributed by atoms with Crippen LogP contribution < -0.4 is 18.8 Å². The van der Waals surface area contributed by atoms with Crippen LogP contribution in [0.5, 0.6) is 0 Å². The number of halogens is 7. The zero-order valence-corrected chi connectivity index (χ0v) is 42.3. The van der Waals surface area contributed by atoms with Crippen molar-refractivity contribution in [2.75, 3.05) is 167 Å². The van der Waals surface area contributed by atoms with E-state index in [4.69, 9.17) is 0 Å². The summed E-state index contributed by atoms with van der Waals surface area (Å²) in [6.45, 7) is 34.4. The molecule has 0 saturated carbocycles. The van der Waals surface area contributed by atoms with Gasteiger partial charge in [0.15, 0.2) is 0 Å². The Hall–Kier alpha value is -3.47. The van der Waals surface area contributed by atoms with E-state index in [2.05, 4.69) is 127 Å². The molecular weight excluding hydrogens is 982 g/mol. The Labute approximate surface area is 442 Å². The van der Waals surface area contributed by atoms with Crippen LogP contribution in [0.3, 0.4) is 0 Å².